The monoisotopic (exact) mass is 615 g/mol. The fourth-order valence-corrected chi connectivity index (χ4v) is 6.33. The Morgan fingerprint density at radius 1 is 0.977 bits per heavy atom. The number of rotatable bonds is 12. The summed E-state index contributed by atoms with van der Waals surface area (Å²) in [4.78, 5) is 27.4. The van der Waals surface area contributed by atoms with E-state index >= 15 is 0 Å². The van der Waals surface area contributed by atoms with Gasteiger partial charge in [0.2, 0.25) is 5.91 Å². The minimum atomic E-state index is -0.995. The van der Waals surface area contributed by atoms with Gasteiger partial charge in [0, 0.05) is 49.6 Å². The molecule has 2 heterocycles. The van der Waals surface area contributed by atoms with Gasteiger partial charge in [0.25, 0.3) is 0 Å². The molecule has 10 heteroatoms. The van der Waals surface area contributed by atoms with E-state index < -0.39 is 12.3 Å². The normalized spacial score (nSPS) is 19.9. The van der Waals surface area contributed by atoms with Crippen molar-refractivity contribution in [1.29, 1.82) is 0 Å². The van der Waals surface area contributed by atoms with Crippen LogP contribution in [-0.4, -0.2) is 43.5 Å². The Bertz CT molecular complexity index is 1560. The summed E-state index contributed by atoms with van der Waals surface area (Å²) in [6, 6.07) is 23.7. The highest BCUT2D eigenvalue weighted by molar-refractivity contribution is 7.99. The number of carbonyl (C=O) groups excluding carboxylic acids is 1. The number of ether oxygens (including phenoxy) is 2. The number of imidazole rings is 1. The third-order valence-corrected chi connectivity index (χ3v) is 8.98. The first kappa shape index (κ1) is 31.5. The highest BCUT2D eigenvalue weighted by Gasteiger charge is 2.38. The number of benzene rings is 3. The van der Waals surface area contributed by atoms with E-state index in [1.165, 1.54) is 0 Å². The van der Waals surface area contributed by atoms with Gasteiger partial charge in [0.1, 0.15) is 0 Å². The van der Waals surface area contributed by atoms with Crippen LogP contribution in [-0.2, 0) is 39.3 Å². The molecule has 44 heavy (non-hydrogen) atoms. The predicted octanol–water partition coefficient (Wildman–Crippen LogP) is 5.64. The average Bonchev–Trinajstić information content (AvgIpc) is 3.46. The van der Waals surface area contributed by atoms with Crippen LogP contribution < -0.4 is 5.32 Å². The van der Waals surface area contributed by atoms with Gasteiger partial charge in [-0.1, -0.05) is 91.5 Å². The number of nitrogens with zero attached hydrogens (tertiary/aromatic N) is 2. The summed E-state index contributed by atoms with van der Waals surface area (Å²) < 4.78 is 15.2. The highest BCUT2D eigenvalue weighted by Crippen LogP contribution is 2.43. The molecule has 0 saturated carbocycles. The van der Waals surface area contributed by atoms with Crippen molar-refractivity contribution in [2.24, 2.45) is 13.0 Å². The smallest absolute Gasteiger partial charge is 0.303 e. The van der Waals surface area contributed by atoms with Gasteiger partial charge in [-0.2, -0.15) is 0 Å². The van der Waals surface area contributed by atoms with Crippen LogP contribution in [0.5, 0.6) is 0 Å². The molecule has 1 amide bonds. The standard InChI is InChI=1S/C34H37N3O6S/c1-22-29(21-44-34-35-17-18-37(34)2)42-33(43-32(22)25-9-7-23(20-38)8-10-25)26-13-11-24(12-14-26)28-6-4-3-5-27(28)19-36-30(39)15-16-31(40)41/h3-14,17-18,22,29,32-33,38H,15-16,19-21H2,1-2H3,(H,36,39)(H,40,41). The number of hydrogen-bond acceptors (Lipinski definition) is 7. The Hall–Kier alpha value is -3.96. The lowest BCUT2D eigenvalue weighted by molar-refractivity contribution is -0.268. The van der Waals surface area contributed by atoms with E-state index in [-0.39, 0.29) is 43.5 Å². The van der Waals surface area contributed by atoms with Crippen LogP contribution in [0.15, 0.2) is 90.3 Å². The van der Waals surface area contributed by atoms with Crippen molar-refractivity contribution in [2.45, 2.75) is 56.6 Å². The number of aliphatic carboxylic acids is 1. The molecule has 0 spiro atoms. The molecule has 1 aliphatic heterocycles. The van der Waals surface area contributed by atoms with E-state index in [1.54, 1.807) is 18.0 Å². The van der Waals surface area contributed by atoms with Crippen LogP contribution in [0.3, 0.4) is 0 Å². The van der Waals surface area contributed by atoms with Gasteiger partial charge in [-0.3, -0.25) is 9.59 Å². The molecule has 0 bridgehead atoms. The molecule has 3 N–H and O–H groups in total. The van der Waals surface area contributed by atoms with Gasteiger partial charge in [0.15, 0.2) is 11.4 Å². The predicted molar refractivity (Wildman–Crippen MR) is 167 cm³/mol. The van der Waals surface area contributed by atoms with E-state index in [0.717, 1.165) is 38.5 Å². The second-order valence-electron chi connectivity index (χ2n) is 10.9. The van der Waals surface area contributed by atoms with Gasteiger partial charge in [-0.05, 0) is 27.8 Å². The number of carboxylic acid groups (broad SMARTS) is 1. The Morgan fingerprint density at radius 2 is 1.70 bits per heavy atom. The van der Waals surface area contributed by atoms with Crippen molar-refractivity contribution in [2.75, 3.05) is 5.75 Å². The summed E-state index contributed by atoms with van der Waals surface area (Å²) in [6.07, 6.45) is 2.56. The van der Waals surface area contributed by atoms with E-state index in [4.69, 9.17) is 14.6 Å². The van der Waals surface area contributed by atoms with Gasteiger partial charge < -0.3 is 29.6 Å². The van der Waals surface area contributed by atoms with E-state index in [0.29, 0.717) is 12.3 Å². The molecule has 5 rings (SSSR count). The van der Waals surface area contributed by atoms with Gasteiger partial charge in [-0.15, -0.1) is 0 Å². The molecule has 4 aromatic rings. The third kappa shape index (κ3) is 7.75. The van der Waals surface area contributed by atoms with Crippen molar-refractivity contribution in [3.63, 3.8) is 0 Å². The van der Waals surface area contributed by atoms with Crippen molar-refractivity contribution < 1.29 is 29.3 Å². The summed E-state index contributed by atoms with van der Waals surface area (Å²) in [5.74, 6) is -0.517. The van der Waals surface area contributed by atoms with Gasteiger partial charge in [0.05, 0.1) is 25.2 Å². The van der Waals surface area contributed by atoms with E-state index in [9.17, 15) is 14.7 Å². The maximum absolute atomic E-state index is 12.1. The van der Waals surface area contributed by atoms with Crippen LogP contribution in [0.25, 0.3) is 11.1 Å². The highest BCUT2D eigenvalue weighted by atomic mass is 32.2. The topological polar surface area (TPSA) is 123 Å². The number of aliphatic hydroxyl groups excluding tert-OH is 1. The third-order valence-electron chi connectivity index (χ3n) is 7.83. The summed E-state index contributed by atoms with van der Waals surface area (Å²) in [5, 5.41) is 22.1. The van der Waals surface area contributed by atoms with Gasteiger partial charge in [-0.25, -0.2) is 4.98 Å². The van der Waals surface area contributed by atoms with Gasteiger partial charge >= 0.3 is 5.97 Å². The first-order chi connectivity index (χ1) is 21.3. The number of aromatic nitrogens is 2. The Morgan fingerprint density at radius 3 is 2.39 bits per heavy atom. The number of amides is 1. The molecule has 0 aliphatic carbocycles. The zero-order chi connectivity index (χ0) is 31.1. The molecule has 4 unspecified atom stereocenters. The minimum absolute atomic E-state index is 0.0113. The number of aliphatic hydroxyl groups is 1. The number of thioether (sulfide) groups is 1. The summed E-state index contributed by atoms with van der Waals surface area (Å²) in [7, 11) is 1.98. The maximum atomic E-state index is 12.1. The minimum Gasteiger partial charge on any atom is -0.481 e. The molecule has 1 aromatic heterocycles. The molecule has 0 radical (unpaired) electrons. The fourth-order valence-electron chi connectivity index (χ4n) is 5.24. The van der Waals surface area contributed by atoms with Crippen LogP contribution >= 0.6 is 11.8 Å². The SMILES string of the molecule is CC1C(CSc2nccn2C)OC(c2ccc(-c3ccccc3CNC(=O)CCC(=O)O)cc2)OC1c1ccc(CO)cc1. The lowest BCUT2D eigenvalue weighted by Gasteiger charge is -2.41. The lowest BCUT2D eigenvalue weighted by atomic mass is 9.91. The summed E-state index contributed by atoms with van der Waals surface area (Å²) >= 11 is 1.66. The first-order valence-corrected chi connectivity index (χ1v) is 15.6. The average molecular weight is 616 g/mol. The molecule has 1 saturated heterocycles. The number of carbonyl (C=O) groups is 2. The number of carboxylic acids is 1. The Labute approximate surface area is 261 Å². The number of aryl methyl sites for hydroxylation is 1. The van der Waals surface area contributed by atoms with E-state index in [1.807, 2.05) is 90.6 Å². The summed E-state index contributed by atoms with van der Waals surface area (Å²) in [6.45, 7) is 2.43. The second-order valence-corrected chi connectivity index (χ2v) is 11.9. The second kappa shape index (κ2) is 14.7. The Kier molecular flexibility index (Phi) is 10.5. The zero-order valence-electron chi connectivity index (χ0n) is 24.8. The van der Waals surface area contributed by atoms with Crippen LogP contribution in [0, 0.1) is 5.92 Å². The van der Waals surface area contributed by atoms with Crippen LogP contribution in [0.1, 0.15) is 54.4 Å². The van der Waals surface area contributed by atoms with Crippen LogP contribution in [0.2, 0.25) is 0 Å². The molecule has 9 nitrogen and oxygen atoms in total. The lowest BCUT2D eigenvalue weighted by Crippen LogP contribution is -2.38. The molecule has 230 valence electrons. The largest absolute Gasteiger partial charge is 0.481 e. The maximum Gasteiger partial charge on any atom is 0.303 e. The molecule has 3 aromatic carbocycles. The zero-order valence-corrected chi connectivity index (χ0v) is 25.6. The molecular formula is C34H37N3O6S. The Balaban J connectivity index is 1.34. The van der Waals surface area contributed by atoms with Crippen molar-refractivity contribution in [1.82, 2.24) is 14.9 Å². The number of hydrogen-bond donors (Lipinski definition) is 3. The van der Waals surface area contributed by atoms with Crippen molar-refractivity contribution in [3.05, 3.63) is 107 Å². The van der Waals surface area contributed by atoms with Crippen LogP contribution in [0.4, 0.5) is 0 Å². The van der Waals surface area contributed by atoms with Crippen molar-refractivity contribution in [3.8, 4) is 11.1 Å². The van der Waals surface area contributed by atoms with Crippen molar-refractivity contribution >= 4 is 23.6 Å². The van der Waals surface area contributed by atoms with E-state index in [2.05, 4.69) is 17.2 Å². The molecule has 4 atom stereocenters. The summed E-state index contributed by atoms with van der Waals surface area (Å²) in [5.41, 5.74) is 5.66. The quantitative estimate of drug-likeness (QED) is 0.175. The molecule has 1 fully saturated rings. The number of nitrogens with one attached hydrogen (secondary N) is 1. The molecular weight excluding hydrogens is 578 g/mol. The fraction of sp³-hybridized carbons (Fsp3) is 0.324. The molecule has 1 aliphatic rings. The first-order valence-electron chi connectivity index (χ1n) is 14.6.